The van der Waals surface area contributed by atoms with Crippen LogP contribution in [0.5, 0.6) is 0 Å². The largest absolute Gasteiger partial charge is 0.415 e. The first-order valence-electron chi connectivity index (χ1n) is 9.67. The van der Waals surface area contributed by atoms with Gasteiger partial charge in [-0.2, -0.15) is 8.78 Å². The van der Waals surface area contributed by atoms with E-state index in [-0.39, 0.29) is 5.89 Å². The summed E-state index contributed by atoms with van der Waals surface area (Å²) in [6, 6.07) is 11.8. The van der Waals surface area contributed by atoms with Crippen molar-refractivity contribution in [3.63, 3.8) is 0 Å². The van der Waals surface area contributed by atoms with Gasteiger partial charge >= 0.3 is 6.43 Å². The van der Waals surface area contributed by atoms with E-state index in [1.807, 2.05) is 12.3 Å². The number of hydrogen-bond donors (Lipinski definition) is 0. The van der Waals surface area contributed by atoms with Gasteiger partial charge in [0.1, 0.15) is 5.69 Å². The fourth-order valence-electron chi connectivity index (χ4n) is 3.38. The first-order chi connectivity index (χ1) is 15.1. The molecular weight excluding hydrogens is 404 g/mol. The van der Waals surface area contributed by atoms with E-state index >= 15 is 0 Å². The van der Waals surface area contributed by atoms with Gasteiger partial charge in [-0.3, -0.25) is 4.98 Å². The number of aromatic nitrogens is 7. The number of alkyl halides is 2. The van der Waals surface area contributed by atoms with E-state index in [4.69, 9.17) is 4.42 Å². The van der Waals surface area contributed by atoms with E-state index in [9.17, 15) is 8.78 Å². The summed E-state index contributed by atoms with van der Waals surface area (Å²) >= 11 is 0. The molecule has 8 nitrogen and oxygen atoms in total. The highest BCUT2D eigenvalue weighted by atomic mass is 19.3. The zero-order valence-corrected chi connectivity index (χ0v) is 16.5. The molecule has 0 saturated heterocycles. The first-order valence-corrected chi connectivity index (χ1v) is 9.67. The normalized spacial score (nSPS) is 11.6. The van der Waals surface area contributed by atoms with Crippen molar-refractivity contribution >= 4 is 10.9 Å². The topological polar surface area (TPSA) is 87.5 Å². The molecule has 10 heteroatoms. The van der Waals surface area contributed by atoms with E-state index in [1.54, 1.807) is 16.8 Å². The minimum Gasteiger partial charge on any atom is -0.415 e. The van der Waals surface area contributed by atoms with Gasteiger partial charge in [-0.15, -0.1) is 15.3 Å². The quantitative estimate of drug-likeness (QED) is 0.405. The molecule has 0 atom stereocenters. The van der Waals surface area contributed by atoms with Crippen LogP contribution in [0.1, 0.15) is 24.9 Å². The van der Waals surface area contributed by atoms with Gasteiger partial charge in [0.15, 0.2) is 0 Å². The van der Waals surface area contributed by atoms with E-state index in [2.05, 4.69) is 61.4 Å². The molecule has 0 unspecified atom stereocenters. The molecule has 5 aromatic rings. The smallest absolute Gasteiger partial charge is 0.314 e. The standard InChI is InChI=1S/C21H17F2N7O/c1-2-29-8-7-13-3-4-14(9-18(13)29)17-12-30(28-25-17)11-16-6-5-15(10-24-16)20-26-27-21(31-20)19(22)23/h3-10,12,19H,2,11H2,1H3. The molecule has 0 aliphatic rings. The van der Waals surface area contributed by atoms with Crippen LogP contribution in [0.2, 0.25) is 0 Å². The lowest BCUT2D eigenvalue weighted by atomic mass is 10.1. The highest BCUT2D eigenvalue weighted by Gasteiger charge is 2.17. The Morgan fingerprint density at radius 2 is 1.90 bits per heavy atom. The number of aryl methyl sites for hydroxylation is 1. The second kappa shape index (κ2) is 7.71. The molecule has 0 saturated carbocycles. The number of rotatable bonds is 6. The monoisotopic (exact) mass is 421 g/mol. The molecule has 0 fully saturated rings. The average molecular weight is 421 g/mol. The Balaban J connectivity index is 1.33. The second-order valence-electron chi connectivity index (χ2n) is 6.96. The van der Waals surface area contributed by atoms with Gasteiger partial charge in [0, 0.05) is 30.0 Å². The molecule has 156 valence electrons. The van der Waals surface area contributed by atoms with Crippen LogP contribution in [-0.2, 0) is 13.1 Å². The number of fused-ring (bicyclic) bond motifs is 1. The van der Waals surface area contributed by atoms with Crippen LogP contribution >= 0.6 is 0 Å². The molecule has 5 rings (SSSR count). The van der Waals surface area contributed by atoms with Crippen molar-refractivity contribution in [3.8, 4) is 22.7 Å². The van der Waals surface area contributed by atoms with Crippen molar-refractivity contribution < 1.29 is 13.2 Å². The maximum absolute atomic E-state index is 12.6. The summed E-state index contributed by atoms with van der Waals surface area (Å²) in [4.78, 5) is 4.34. The summed E-state index contributed by atoms with van der Waals surface area (Å²) in [5.41, 5.74) is 4.11. The third-order valence-corrected chi connectivity index (χ3v) is 4.97. The molecule has 0 bridgehead atoms. The molecule has 0 amide bonds. The summed E-state index contributed by atoms with van der Waals surface area (Å²) in [5, 5.41) is 16.6. The lowest BCUT2D eigenvalue weighted by molar-refractivity contribution is 0.116. The Hall–Kier alpha value is -3.95. The van der Waals surface area contributed by atoms with Gasteiger partial charge < -0.3 is 8.98 Å². The molecule has 0 radical (unpaired) electrons. The molecule has 1 aromatic carbocycles. The Bertz CT molecular complexity index is 1340. The predicted molar refractivity (Wildman–Crippen MR) is 108 cm³/mol. The minimum atomic E-state index is -2.80. The number of halogens is 2. The molecule has 4 heterocycles. The number of hydrogen-bond acceptors (Lipinski definition) is 6. The van der Waals surface area contributed by atoms with Crippen molar-refractivity contribution in [1.82, 2.24) is 34.7 Å². The lowest BCUT2D eigenvalue weighted by Gasteiger charge is -2.03. The van der Waals surface area contributed by atoms with Gasteiger partial charge in [-0.25, -0.2) is 4.68 Å². The van der Waals surface area contributed by atoms with Crippen LogP contribution < -0.4 is 0 Å². The van der Waals surface area contributed by atoms with E-state index in [0.29, 0.717) is 12.1 Å². The van der Waals surface area contributed by atoms with Crippen molar-refractivity contribution in [3.05, 3.63) is 66.6 Å². The van der Waals surface area contributed by atoms with Gasteiger partial charge in [-0.1, -0.05) is 17.3 Å². The Morgan fingerprint density at radius 3 is 2.65 bits per heavy atom. The average Bonchev–Trinajstić information content (AvgIpc) is 3.53. The molecule has 4 aromatic heterocycles. The van der Waals surface area contributed by atoms with Crippen molar-refractivity contribution in [2.24, 2.45) is 0 Å². The third kappa shape index (κ3) is 3.67. The molecule has 0 aliphatic carbocycles. The molecule has 0 aliphatic heterocycles. The van der Waals surface area contributed by atoms with Crippen LogP contribution in [0.15, 0.2) is 59.4 Å². The van der Waals surface area contributed by atoms with Crippen LogP contribution in [0.4, 0.5) is 8.78 Å². The van der Waals surface area contributed by atoms with E-state index < -0.39 is 12.3 Å². The zero-order valence-electron chi connectivity index (χ0n) is 16.5. The molecule has 0 spiro atoms. The van der Waals surface area contributed by atoms with Crippen molar-refractivity contribution in [2.45, 2.75) is 26.4 Å². The molecule has 31 heavy (non-hydrogen) atoms. The molecule has 0 N–H and O–H groups in total. The van der Waals surface area contributed by atoms with Crippen LogP contribution in [0.3, 0.4) is 0 Å². The summed E-state index contributed by atoms with van der Waals surface area (Å²) in [7, 11) is 0. The van der Waals surface area contributed by atoms with E-state index in [0.717, 1.165) is 29.0 Å². The fourth-order valence-corrected chi connectivity index (χ4v) is 3.38. The number of nitrogens with zero attached hydrogens (tertiary/aromatic N) is 7. The van der Waals surface area contributed by atoms with Gasteiger partial charge in [0.2, 0.25) is 5.89 Å². The van der Waals surface area contributed by atoms with Gasteiger partial charge in [0.25, 0.3) is 5.89 Å². The van der Waals surface area contributed by atoms with Crippen molar-refractivity contribution in [2.75, 3.05) is 0 Å². The van der Waals surface area contributed by atoms with Crippen LogP contribution in [0.25, 0.3) is 33.6 Å². The first kappa shape index (κ1) is 19.0. The van der Waals surface area contributed by atoms with E-state index in [1.165, 1.54) is 11.6 Å². The summed E-state index contributed by atoms with van der Waals surface area (Å²) in [6.07, 6.45) is 2.64. The van der Waals surface area contributed by atoms with Crippen molar-refractivity contribution in [1.29, 1.82) is 0 Å². The number of pyridine rings is 1. The summed E-state index contributed by atoms with van der Waals surface area (Å²) < 4.78 is 34.0. The maximum atomic E-state index is 12.6. The lowest BCUT2D eigenvalue weighted by Crippen LogP contribution is -2.02. The highest BCUT2D eigenvalue weighted by molar-refractivity contribution is 5.84. The second-order valence-corrected chi connectivity index (χ2v) is 6.96. The van der Waals surface area contributed by atoms with Gasteiger partial charge in [-0.05, 0) is 36.6 Å². The minimum absolute atomic E-state index is 0.00427. The molecular formula is C21H17F2N7O. The van der Waals surface area contributed by atoms with Crippen LogP contribution in [-0.4, -0.2) is 34.7 Å². The SMILES string of the molecule is CCn1ccc2ccc(-c3cn(Cc4ccc(-c5nnc(C(F)F)o5)cn4)nn3)cc21. The van der Waals surface area contributed by atoms with Gasteiger partial charge in [0.05, 0.1) is 24.0 Å². The number of benzene rings is 1. The predicted octanol–water partition coefficient (Wildman–Crippen LogP) is 4.35. The zero-order chi connectivity index (χ0) is 21.4. The Kier molecular flexibility index (Phi) is 4.73. The third-order valence-electron chi connectivity index (χ3n) is 4.97. The fraction of sp³-hybridized carbons (Fsp3) is 0.190. The Labute approximate surface area is 175 Å². The Morgan fingerprint density at radius 1 is 1.03 bits per heavy atom. The highest BCUT2D eigenvalue weighted by Crippen LogP contribution is 2.25. The summed E-state index contributed by atoms with van der Waals surface area (Å²) in [5.74, 6) is -0.705. The summed E-state index contributed by atoms with van der Waals surface area (Å²) in [6.45, 7) is 3.41. The maximum Gasteiger partial charge on any atom is 0.314 e. The van der Waals surface area contributed by atoms with Crippen LogP contribution in [0, 0.1) is 0 Å².